The molecule has 2 saturated heterocycles. The second-order valence-electron chi connectivity index (χ2n) is 5.65. The predicted octanol–water partition coefficient (Wildman–Crippen LogP) is 0.977. The van der Waals surface area contributed by atoms with Gasteiger partial charge in [-0.1, -0.05) is 6.92 Å². The fourth-order valence-corrected chi connectivity index (χ4v) is 3.14. The molecular weight excluding hydrogens is 226 g/mol. The normalized spacial score (nSPS) is 29.4. The van der Waals surface area contributed by atoms with Gasteiger partial charge in [0, 0.05) is 6.54 Å². The molecule has 0 radical (unpaired) electrons. The molecule has 2 aliphatic heterocycles. The van der Waals surface area contributed by atoms with Gasteiger partial charge in [0.1, 0.15) is 0 Å². The maximum atomic E-state index is 12.2. The number of piperidine rings is 1. The smallest absolute Gasteiger partial charge is 0.237 e. The molecule has 2 unspecified atom stereocenters. The Morgan fingerprint density at radius 3 is 3.00 bits per heavy atom. The summed E-state index contributed by atoms with van der Waals surface area (Å²) in [6.45, 7) is 7.38. The molecule has 0 saturated carbocycles. The summed E-state index contributed by atoms with van der Waals surface area (Å²) in [4.78, 5) is 14.5. The van der Waals surface area contributed by atoms with Gasteiger partial charge < -0.3 is 10.6 Å². The Kier molecular flexibility index (Phi) is 5.45. The summed E-state index contributed by atoms with van der Waals surface area (Å²) in [7, 11) is 0. The van der Waals surface area contributed by atoms with Crippen molar-refractivity contribution in [3.05, 3.63) is 0 Å². The van der Waals surface area contributed by atoms with Crippen molar-refractivity contribution in [3.63, 3.8) is 0 Å². The minimum Gasteiger partial charge on any atom is -0.354 e. The molecule has 0 aromatic heterocycles. The van der Waals surface area contributed by atoms with Gasteiger partial charge in [-0.05, 0) is 64.2 Å². The zero-order valence-electron chi connectivity index (χ0n) is 11.6. The third-order valence-electron chi connectivity index (χ3n) is 4.14. The molecule has 2 aliphatic rings. The van der Waals surface area contributed by atoms with Gasteiger partial charge in [0.2, 0.25) is 5.91 Å². The fraction of sp³-hybridized carbons (Fsp3) is 0.929. The summed E-state index contributed by atoms with van der Waals surface area (Å²) in [5.41, 5.74) is 0. The molecule has 2 atom stereocenters. The van der Waals surface area contributed by atoms with Gasteiger partial charge in [0.25, 0.3) is 0 Å². The molecule has 1 amide bonds. The number of nitrogens with zero attached hydrogens (tertiary/aromatic N) is 1. The van der Waals surface area contributed by atoms with Crippen LogP contribution in [0.15, 0.2) is 0 Å². The molecule has 104 valence electrons. The predicted molar refractivity (Wildman–Crippen MR) is 73.5 cm³/mol. The summed E-state index contributed by atoms with van der Waals surface area (Å²) in [5.74, 6) is 0.884. The Morgan fingerprint density at radius 1 is 1.39 bits per heavy atom. The van der Waals surface area contributed by atoms with Crippen LogP contribution in [0.4, 0.5) is 0 Å². The molecule has 4 nitrogen and oxygen atoms in total. The Bertz CT molecular complexity index is 264. The number of carbonyl (C=O) groups excluding carboxylic acids is 1. The van der Waals surface area contributed by atoms with E-state index in [0.717, 1.165) is 45.6 Å². The first-order chi connectivity index (χ1) is 8.81. The highest BCUT2D eigenvalue weighted by molar-refractivity contribution is 5.82. The summed E-state index contributed by atoms with van der Waals surface area (Å²) < 4.78 is 0. The molecule has 2 fully saturated rings. The van der Waals surface area contributed by atoms with Crippen molar-refractivity contribution in [2.45, 2.75) is 45.1 Å². The highest BCUT2D eigenvalue weighted by atomic mass is 16.2. The van der Waals surface area contributed by atoms with E-state index in [1.165, 1.54) is 19.3 Å². The summed E-state index contributed by atoms with van der Waals surface area (Å²) >= 11 is 0. The number of hydrogen-bond donors (Lipinski definition) is 2. The van der Waals surface area contributed by atoms with E-state index in [-0.39, 0.29) is 11.9 Å². The molecule has 2 heterocycles. The number of amides is 1. The van der Waals surface area contributed by atoms with Crippen molar-refractivity contribution >= 4 is 5.91 Å². The third kappa shape index (κ3) is 3.69. The van der Waals surface area contributed by atoms with Crippen LogP contribution in [0, 0.1) is 5.92 Å². The molecule has 0 aromatic rings. The van der Waals surface area contributed by atoms with E-state index in [9.17, 15) is 4.79 Å². The first kappa shape index (κ1) is 13.8. The quantitative estimate of drug-likeness (QED) is 0.767. The minimum absolute atomic E-state index is 0.140. The van der Waals surface area contributed by atoms with E-state index < -0.39 is 0 Å². The van der Waals surface area contributed by atoms with Crippen LogP contribution in [0.25, 0.3) is 0 Å². The van der Waals surface area contributed by atoms with Crippen molar-refractivity contribution in [3.8, 4) is 0 Å². The van der Waals surface area contributed by atoms with Gasteiger partial charge in [0.15, 0.2) is 0 Å². The van der Waals surface area contributed by atoms with E-state index in [1.807, 2.05) is 0 Å². The van der Waals surface area contributed by atoms with Gasteiger partial charge >= 0.3 is 0 Å². The maximum Gasteiger partial charge on any atom is 0.237 e. The highest BCUT2D eigenvalue weighted by Crippen LogP contribution is 2.17. The van der Waals surface area contributed by atoms with Crippen molar-refractivity contribution in [2.75, 3.05) is 32.7 Å². The van der Waals surface area contributed by atoms with Gasteiger partial charge in [-0.2, -0.15) is 0 Å². The Balaban J connectivity index is 1.73. The van der Waals surface area contributed by atoms with Crippen LogP contribution in [0.2, 0.25) is 0 Å². The fourth-order valence-electron chi connectivity index (χ4n) is 3.14. The highest BCUT2D eigenvalue weighted by Gasteiger charge is 2.30. The lowest BCUT2D eigenvalue weighted by atomic mass is 9.99. The Morgan fingerprint density at radius 2 is 2.28 bits per heavy atom. The monoisotopic (exact) mass is 253 g/mol. The van der Waals surface area contributed by atoms with Crippen LogP contribution in [0.1, 0.15) is 39.0 Å². The summed E-state index contributed by atoms with van der Waals surface area (Å²) in [6, 6.07) is 0.140. The largest absolute Gasteiger partial charge is 0.354 e. The van der Waals surface area contributed by atoms with Crippen LogP contribution in [0.5, 0.6) is 0 Å². The number of rotatable bonds is 5. The van der Waals surface area contributed by atoms with Crippen molar-refractivity contribution < 1.29 is 4.79 Å². The van der Waals surface area contributed by atoms with Gasteiger partial charge in [-0.3, -0.25) is 9.69 Å². The lowest BCUT2D eigenvalue weighted by Gasteiger charge is -2.26. The van der Waals surface area contributed by atoms with Crippen LogP contribution >= 0.6 is 0 Å². The van der Waals surface area contributed by atoms with E-state index in [0.29, 0.717) is 5.92 Å². The van der Waals surface area contributed by atoms with E-state index in [1.54, 1.807) is 0 Å². The molecule has 2 rings (SSSR count). The lowest BCUT2D eigenvalue weighted by molar-refractivity contribution is -0.125. The Labute approximate surface area is 110 Å². The molecule has 18 heavy (non-hydrogen) atoms. The van der Waals surface area contributed by atoms with Crippen LogP contribution in [0.3, 0.4) is 0 Å². The number of carbonyl (C=O) groups is 1. The second kappa shape index (κ2) is 7.10. The van der Waals surface area contributed by atoms with Gasteiger partial charge in [-0.15, -0.1) is 0 Å². The first-order valence-corrected chi connectivity index (χ1v) is 7.53. The molecule has 0 aliphatic carbocycles. The second-order valence-corrected chi connectivity index (χ2v) is 5.65. The summed E-state index contributed by atoms with van der Waals surface area (Å²) in [6.07, 6.45) is 5.83. The number of likely N-dealkylation sites (tertiary alicyclic amines) is 1. The van der Waals surface area contributed by atoms with Crippen molar-refractivity contribution in [2.24, 2.45) is 5.92 Å². The third-order valence-corrected chi connectivity index (χ3v) is 4.14. The molecule has 0 aromatic carbocycles. The van der Waals surface area contributed by atoms with Crippen molar-refractivity contribution in [1.82, 2.24) is 15.5 Å². The number of nitrogens with one attached hydrogen (secondary N) is 2. The topological polar surface area (TPSA) is 44.4 Å². The Hall–Kier alpha value is -0.610. The first-order valence-electron chi connectivity index (χ1n) is 7.53. The van der Waals surface area contributed by atoms with Crippen LogP contribution in [-0.2, 0) is 4.79 Å². The van der Waals surface area contributed by atoms with Crippen molar-refractivity contribution in [1.29, 1.82) is 0 Å². The molecule has 0 bridgehead atoms. The molecule has 2 N–H and O–H groups in total. The summed E-state index contributed by atoms with van der Waals surface area (Å²) in [5, 5.41) is 6.56. The molecular formula is C14H27N3O. The molecule has 0 spiro atoms. The standard InChI is InChI=1S/C14H27N3O/c1-2-8-17-9-4-6-13(17)14(18)16-11-12-5-3-7-15-10-12/h12-13,15H,2-11H2,1H3,(H,16,18). The zero-order chi connectivity index (χ0) is 12.8. The lowest BCUT2D eigenvalue weighted by Crippen LogP contribution is -2.46. The minimum atomic E-state index is 0.140. The average molecular weight is 253 g/mol. The zero-order valence-corrected chi connectivity index (χ0v) is 11.6. The maximum absolute atomic E-state index is 12.2. The van der Waals surface area contributed by atoms with Crippen LogP contribution in [-0.4, -0.2) is 49.6 Å². The van der Waals surface area contributed by atoms with E-state index >= 15 is 0 Å². The molecule has 4 heteroatoms. The van der Waals surface area contributed by atoms with Crippen LogP contribution < -0.4 is 10.6 Å². The number of hydrogen-bond acceptors (Lipinski definition) is 3. The SMILES string of the molecule is CCCN1CCCC1C(=O)NCC1CCCNC1. The van der Waals surface area contributed by atoms with Gasteiger partial charge in [-0.25, -0.2) is 0 Å². The van der Waals surface area contributed by atoms with E-state index in [2.05, 4.69) is 22.5 Å². The van der Waals surface area contributed by atoms with Gasteiger partial charge in [0.05, 0.1) is 6.04 Å². The average Bonchev–Trinajstić information content (AvgIpc) is 2.86. The van der Waals surface area contributed by atoms with E-state index in [4.69, 9.17) is 0 Å².